The van der Waals surface area contributed by atoms with Gasteiger partial charge in [-0.3, -0.25) is 4.79 Å². The van der Waals surface area contributed by atoms with Gasteiger partial charge in [-0.05, 0) is 62.4 Å². The van der Waals surface area contributed by atoms with Crippen LogP contribution in [0.25, 0.3) is 5.69 Å². The molecule has 1 aliphatic carbocycles. The summed E-state index contributed by atoms with van der Waals surface area (Å²) in [6.45, 7) is 1.84. The van der Waals surface area contributed by atoms with Gasteiger partial charge < -0.3 is 0 Å². The number of benzene rings is 1. The monoisotopic (exact) mass is 432 g/mol. The van der Waals surface area contributed by atoms with Crippen molar-refractivity contribution in [3.63, 3.8) is 0 Å². The van der Waals surface area contributed by atoms with Gasteiger partial charge in [0.05, 0.1) is 28.0 Å². The molecular weight excluding hydrogens is 415 g/mol. The van der Waals surface area contributed by atoms with E-state index in [9.17, 15) is 4.79 Å². The summed E-state index contributed by atoms with van der Waals surface area (Å²) in [4.78, 5) is 14.4. The molecule has 0 saturated carbocycles. The van der Waals surface area contributed by atoms with E-state index < -0.39 is 0 Å². The Morgan fingerprint density at radius 3 is 2.89 bits per heavy atom. The van der Waals surface area contributed by atoms with Crippen molar-refractivity contribution in [3.8, 4) is 5.69 Å². The maximum absolute atomic E-state index is 12.4. The molecule has 1 N–H and O–H groups in total. The zero-order valence-corrected chi connectivity index (χ0v) is 17.5. The molecule has 8 heteroatoms. The van der Waals surface area contributed by atoms with Crippen LogP contribution in [0.15, 0.2) is 35.4 Å². The molecular formula is C20H18Cl2N4OS. The van der Waals surface area contributed by atoms with Gasteiger partial charge in [0, 0.05) is 9.90 Å². The van der Waals surface area contributed by atoms with Crippen molar-refractivity contribution < 1.29 is 4.79 Å². The fraction of sp³-hybridized carbons (Fsp3) is 0.250. The largest absolute Gasteiger partial charge is 0.281 e. The fourth-order valence-corrected chi connectivity index (χ4v) is 4.90. The topological polar surface area (TPSA) is 59.3 Å². The van der Waals surface area contributed by atoms with Gasteiger partial charge in [0.25, 0.3) is 5.91 Å². The average molecular weight is 433 g/mol. The first kappa shape index (κ1) is 19.2. The lowest BCUT2D eigenvalue weighted by Crippen LogP contribution is -2.16. The van der Waals surface area contributed by atoms with Gasteiger partial charge in [0.2, 0.25) is 0 Å². The number of nitrogens with zero attached hydrogens (tertiary/aromatic N) is 3. The van der Waals surface area contributed by atoms with Gasteiger partial charge in [-0.2, -0.15) is 10.2 Å². The van der Waals surface area contributed by atoms with Crippen molar-refractivity contribution in [2.75, 3.05) is 0 Å². The molecule has 1 amide bonds. The molecule has 3 aromatic rings. The molecule has 0 atom stereocenters. The third kappa shape index (κ3) is 3.85. The lowest BCUT2D eigenvalue weighted by Gasteiger charge is -2.08. The van der Waals surface area contributed by atoms with Gasteiger partial charge >= 0.3 is 0 Å². The van der Waals surface area contributed by atoms with Crippen LogP contribution < -0.4 is 5.43 Å². The highest BCUT2D eigenvalue weighted by Crippen LogP contribution is 2.29. The number of carbonyl (C=O) groups is 1. The second-order valence-electron chi connectivity index (χ2n) is 6.65. The van der Waals surface area contributed by atoms with E-state index in [0.717, 1.165) is 18.5 Å². The maximum atomic E-state index is 12.4. The summed E-state index contributed by atoms with van der Waals surface area (Å²) in [5.74, 6) is -0.202. The molecule has 0 saturated heterocycles. The minimum Gasteiger partial charge on any atom is -0.266 e. The zero-order valence-electron chi connectivity index (χ0n) is 15.2. The highest BCUT2D eigenvalue weighted by molar-refractivity contribution is 7.14. The van der Waals surface area contributed by atoms with Gasteiger partial charge in [-0.25, -0.2) is 10.1 Å². The van der Waals surface area contributed by atoms with Crippen LogP contribution in [0.1, 0.15) is 44.2 Å². The highest BCUT2D eigenvalue weighted by Gasteiger charge is 2.17. The number of rotatable bonds is 4. The molecule has 1 aromatic carbocycles. The molecule has 144 valence electrons. The van der Waals surface area contributed by atoms with Crippen LogP contribution in [-0.4, -0.2) is 21.9 Å². The van der Waals surface area contributed by atoms with Gasteiger partial charge in [-0.1, -0.05) is 29.3 Å². The Labute approximate surface area is 177 Å². The molecule has 0 radical (unpaired) electrons. The Morgan fingerprint density at radius 1 is 1.29 bits per heavy atom. The summed E-state index contributed by atoms with van der Waals surface area (Å²) in [6, 6.07) is 9.25. The number of aromatic nitrogens is 2. The smallest absolute Gasteiger partial charge is 0.266 e. The van der Waals surface area contributed by atoms with Gasteiger partial charge in [0.1, 0.15) is 5.15 Å². The minimum atomic E-state index is -0.202. The van der Waals surface area contributed by atoms with Crippen LogP contribution in [0, 0.1) is 6.92 Å². The van der Waals surface area contributed by atoms with E-state index in [0.29, 0.717) is 26.3 Å². The van der Waals surface area contributed by atoms with E-state index in [1.165, 1.54) is 29.5 Å². The first-order valence-electron chi connectivity index (χ1n) is 8.99. The van der Waals surface area contributed by atoms with Crippen LogP contribution in [0.4, 0.5) is 0 Å². The van der Waals surface area contributed by atoms with Gasteiger partial charge in [-0.15, -0.1) is 11.3 Å². The number of amides is 1. The molecule has 28 heavy (non-hydrogen) atoms. The molecule has 5 nitrogen and oxygen atoms in total. The summed E-state index contributed by atoms with van der Waals surface area (Å²) >= 11 is 14.1. The minimum absolute atomic E-state index is 0.202. The van der Waals surface area contributed by atoms with E-state index in [1.807, 2.05) is 25.1 Å². The zero-order chi connectivity index (χ0) is 19.7. The highest BCUT2D eigenvalue weighted by atomic mass is 35.5. The summed E-state index contributed by atoms with van der Waals surface area (Å²) in [7, 11) is 0. The molecule has 4 rings (SSSR count). The van der Waals surface area contributed by atoms with E-state index in [-0.39, 0.29) is 5.91 Å². The number of hydrogen-bond acceptors (Lipinski definition) is 4. The summed E-state index contributed by atoms with van der Waals surface area (Å²) in [5.41, 5.74) is 6.00. The van der Waals surface area contributed by atoms with Crippen molar-refractivity contribution in [2.45, 2.75) is 32.6 Å². The Hall–Kier alpha value is -2.15. The second-order valence-corrected chi connectivity index (χ2v) is 8.58. The molecule has 0 aliphatic heterocycles. The van der Waals surface area contributed by atoms with Crippen LogP contribution in [-0.2, 0) is 12.8 Å². The SMILES string of the molecule is Cc1nn(-c2cccc(Cl)c2)c(Cl)c1C=NNC(=O)c1cc2c(s1)CCCC2. The Bertz CT molecular complexity index is 1050. The van der Waals surface area contributed by atoms with E-state index in [4.69, 9.17) is 23.2 Å². The molecule has 1 aliphatic rings. The number of nitrogens with one attached hydrogen (secondary N) is 1. The van der Waals surface area contributed by atoms with Crippen molar-refractivity contribution in [1.29, 1.82) is 0 Å². The number of fused-ring (bicyclic) bond motifs is 1. The Morgan fingerprint density at radius 2 is 2.11 bits per heavy atom. The summed E-state index contributed by atoms with van der Waals surface area (Å²) in [6.07, 6.45) is 6.03. The predicted molar refractivity (Wildman–Crippen MR) is 114 cm³/mol. The number of thiophene rings is 1. The molecule has 0 fully saturated rings. The first-order valence-corrected chi connectivity index (χ1v) is 10.6. The third-order valence-corrected chi connectivity index (χ3v) is 6.52. The van der Waals surface area contributed by atoms with E-state index >= 15 is 0 Å². The second kappa shape index (κ2) is 8.07. The normalized spacial score (nSPS) is 13.7. The number of hydrazone groups is 1. The van der Waals surface area contributed by atoms with Crippen LogP contribution in [0.3, 0.4) is 0 Å². The summed E-state index contributed by atoms with van der Waals surface area (Å²) in [5, 5.41) is 9.54. The molecule has 2 aromatic heterocycles. The molecule has 0 unspecified atom stereocenters. The predicted octanol–water partition coefficient (Wildman–Crippen LogP) is 5.19. The van der Waals surface area contributed by atoms with Crippen molar-refractivity contribution in [2.24, 2.45) is 5.10 Å². The number of carbonyl (C=O) groups excluding carboxylic acids is 1. The lowest BCUT2D eigenvalue weighted by atomic mass is 9.99. The molecule has 0 spiro atoms. The van der Waals surface area contributed by atoms with E-state index in [2.05, 4.69) is 15.6 Å². The molecule has 2 heterocycles. The van der Waals surface area contributed by atoms with Crippen LogP contribution in [0.5, 0.6) is 0 Å². The van der Waals surface area contributed by atoms with E-state index in [1.54, 1.807) is 28.2 Å². The third-order valence-electron chi connectivity index (χ3n) is 4.68. The quantitative estimate of drug-likeness (QED) is 0.455. The maximum Gasteiger partial charge on any atom is 0.281 e. The Kier molecular flexibility index (Phi) is 5.53. The van der Waals surface area contributed by atoms with Crippen LogP contribution in [0.2, 0.25) is 10.2 Å². The number of aryl methyl sites for hydroxylation is 3. The van der Waals surface area contributed by atoms with Crippen molar-refractivity contribution in [3.05, 3.63) is 67.1 Å². The van der Waals surface area contributed by atoms with Gasteiger partial charge in [0.15, 0.2) is 0 Å². The van der Waals surface area contributed by atoms with Crippen LogP contribution >= 0.6 is 34.5 Å². The standard InChI is InChI=1S/C20H18Cl2N4OS/c1-12-16(19(22)26(25-12)15-7-4-6-14(21)10-15)11-23-24-20(27)18-9-13-5-2-3-8-17(13)28-18/h4,6-7,9-11H,2-3,5,8H2,1H3,(H,24,27). The van der Waals surface area contributed by atoms with Crippen molar-refractivity contribution in [1.82, 2.24) is 15.2 Å². The first-order chi connectivity index (χ1) is 13.5. The Balaban J connectivity index is 1.50. The average Bonchev–Trinajstić information content (AvgIpc) is 3.24. The molecule has 0 bridgehead atoms. The number of halogens is 2. The summed E-state index contributed by atoms with van der Waals surface area (Å²) < 4.78 is 1.60. The van der Waals surface area contributed by atoms with Crippen molar-refractivity contribution >= 4 is 46.7 Å². The lowest BCUT2D eigenvalue weighted by molar-refractivity contribution is 0.0959. The fourth-order valence-electron chi connectivity index (χ4n) is 3.25. The number of hydrogen-bond donors (Lipinski definition) is 1.